The number of aliphatic hydroxyl groups is 5. The molecular weight excluding hydrogens is 779 g/mol. The van der Waals surface area contributed by atoms with Crippen molar-refractivity contribution < 1.29 is 63.1 Å². The number of esters is 2. The van der Waals surface area contributed by atoms with E-state index in [0.717, 1.165) is 57.8 Å². The summed E-state index contributed by atoms with van der Waals surface area (Å²) in [5, 5.41) is 50.1. The number of phosphoric acid groups is 1. The van der Waals surface area contributed by atoms with Gasteiger partial charge in [0.2, 0.25) is 0 Å². The summed E-state index contributed by atoms with van der Waals surface area (Å²) in [4.78, 5) is 35.6. The van der Waals surface area contributed by atoms with Crippen LogP contribution in [0.15, 0.2) is 60.8 Å². The molecule has 13 nitrogen and oxygen atoms in total. The maximum atomic E-state index is 12.8. The van der Waals surface area contributed by atoms with Gasteiger partial charge in [0.25, 0.3) is 0 Å². The predicted molar refractivity (Wildman–Crippen MR) is 230 cm³/mol. The van der Waals surface area contributed by atoms with E-state index < -0.39 is 75.7 Å². The molecule has 6 N–H and O–H groups in total. The minimum Gasteiger partial charge on any atom is -0.462 e. The summed E-state index contributed by atoms with van der Waals surface area (Å²) in [6.45, 7) is 3.12. The SMILES string of the molecule is CC/C=C\C/C=C\C/C=C\C/C=C\C/C=C\CCCC(=O)OC[C@H](COP(=O)(O)OC1C(O)C(O)C(O)[C@@H](O)C1O)OC(=O)CCCCCCCCCCCCCCC. The third kappa shape index (κ3) is 27.9. The smallest absolute Gasteiger partial charge is 0.462 e. The lowest BCUT2D eigenvalue weighted by molar-refractivity contribution is -0.220. The highest BCUT2D eigenvalue weighted by atomic mass is 31.2. The third-order valence-electron chi connectivity index (χ3n) is 9.87. The predicted octanol–water partition coefficient (Wildman–Crippen LogP) is 8.16. The van der Waals surface area contributed by atoms with Gasteiger partial charge in [-0.2, -0.15) is 0 Å². The molecule has 0 aromatic rings. The molecule has 1 aliphatic carbocycles. The summed E-state index contributed by atoms with van der Waals surface area (Å²) in [5.41, 5.74) is 0. The second-order valence-electron chi connectivity index (χ2n) is 15.2. The van der Waals surface area contributed by atoms with Gasteiger partial charge in [0.1, 0.15) is 43.2 Å². The normalized spacial score (nSPS) is 22.9. The molecule has 0 bridgehead atoms. The second-order valence-corrected chi connectivity index (χ2v) is 16.6. The molecule has 0 radical (unpaired) electrons. The molecule has 1 saturated carbocycles. The van der Waals surface area contributed by atoms with Gasteiger partial charge in [-0.3, -0.25) is 18.6 Å². The van der Waals surface area contributed by atoms with E-state index in [-0.39, 0.29) is 12.8 Å². The van der Waals surface area contributed by atoms with Gasteiger partial charge in [-0.1, -0.05) is 152 Å². The topological polar surface area (TPSA) is 210 Å². The Labute approximate surface area is 353 Å². The molecule has 59 heavy (non-hydrogen) atoms. The highest BCUT2D eigenvalue weighted by Gasteiger charge is 2.51. The van der Waals surface area contributed by atoms with Crippen molar-refractivity contribution in [2.24, 2.45) is 0 Å². The maximum Gasteiger partial charge on any atom is 0.472 e. The molecule has 0 saturated heterocycles. The van der Waals surface area contributed by atoms with Crippen molar-refractivity contribution in [1.29, 1.82) is 0 Å². The van der Waals surface area contributed by atoms with E-state index in [1.165, 1.54) is 51.4 Å². The number of ether oxygens (including phenoxy) is 2. The van der Waals surface area contributed by atoms with Crippen LogP contribution in [0.3, 0.4) is 0 Å². The Balaban J connectivity index is 2.52. The number of unbranched alkanes of at least 4 members (excludes halogenated alkanes) is 13. The van der Waals surface area contributed by atoms with Gasteiger partial charge in [0, 0.05) is 12.8 Å². The van der Waals surface area contributed by atoms with E-state index in [4.69, 9.17) is 18.5 Å². The largest absolute Gasteiger partial charge is 0.472 e. The van der Waals surface area contributed by atoms with Gasteiger partial charge in [0.05, 0.1) is 6.61 Å². The monoisotopic (exact) mass is 857 g/mol. The van der Waals surface area contributed by atoms with Crippen LogP contribution in [0.4, 0.5) is 0 Å². The average molecular weight is 857 g/mol. The van der Waals surface area contributed by atoms with Crippen LogP contribution in [-0.2, 0) is 32.7 Å². The lowest BCUT2D eigenvalue weighted by atomic mass is 9.85. The highest BCUT2D eigenvalue weighted by molar-refractivity contribution is 7.47. The van der Waals surface area contributed by atoms with Gasteiger partial charge in [-0.15, -0.1) is 0 Å². The van der Waals surface area contributed by atoms with Crippen LogP contribution < -0.4 is 0 Å². The molecular formula is C45H77O13P. The van der Waals surface area contributed by atoms with E-state index in [1.54, 1.807) is 0 Å². The van der Waals surface area contributed by atoms with Crippen molar-refractivity contribution in [3.8, 4) is 0 Å². The summed E-state index contributed by atoms with van der Waals surface area (Å²) in [5.74, 6) is -1.17. The molecule has 1 aliphatic rings. The summed E-state index contributed by atoms with van der Waals surface area (Å²) >= 11 is 0. The highest BCUT2D eigenvalue weighted by Crippen LogP contribution is 2.47. The first-order chi connectivity index (χ1) is 28.4. The minimum absolute atomic E-state index is 0.0846. The second kappa shape index (κ2) is 35.2. The lowest BCUT2D eigenvalue weighted by Gasteiger charge is -2.41. The number of aliphatic hydroxyl groups excluding tert-OH is 5. The fourth-order valence-corrected chi connectivity index (χ4v) is 7.29. The zero-order valence-corrected chi connectivity index (χ0v) is 36.7. The number of rotatable bonds is 35. The fraction of sp³-hybridized carbons (Fsp3) is 0.733. The van der Waals surface area contributed by atoms with Crippen LogP contribution in [0.5, 0.6) is 0 Å². The summed E-state index contributed by atoms with van der Waals surface area (Å²) in [7, 11) is -5.13. The van der Waals surface area contributed by atoms with Gasteiger partial charge in [0.15, 0.2) is 6.10 Å². The van der Waals surface area contributed by atoms with Gasteiger partial charge >= 0.3 is 19.8 Å². The average Bonchev–Trinajstić information content (AvgIpc) is 3.21. The number of allylic oxidation sites excluding steroid dienone is 10. The van der Waals surface area contributed by atoms with Crippen molar-refractivity contribution in [2.75, 3.05) is 13.2 Å². The molecule has 1 rings (SSSR count). The van der Waals surface area contributed by atoms with Crippen molar-refractivity contribution in [3.63, 3.8) is 0 Å². The van der Waals surface area contributed by atoms with E-state index in [9.17, 15) is 44.6 Å². The first-order valence-corrected chi connectivity index (χ1v) is 23.6. The van der Waals surface area contributed by atoms with Crippen LogP contribution in [0.25, 0.3) is 0 Å². The maximum absolute atomic E-state index is 12.8. The third-order valence-corrected chi connectivity index (χ3v) is 10.9. The standard InChI is InChI=1S/C45H77O13P/c1-3-5-7-9-11-13-15-17-18-19-20-22-23-25-27-29-31-33-38(46)55-35-37(36-56-59(53,54)58-45-43(51)41(49)40(48)42(50)44(45)52)57-39(47)34-32-30-28-26-24-21-16-14-12-10-8-6-4-2/h5,7,11,13,17-18,20,22,25,27,37,40-45,48-52H,3-4,6,8-10,12,14-16,19,21,23-24,26,28-36H2,1-2H3,(H,53,54)/b7-5-,13-11-,18-17-,22-20-,27-25-/t37-,40?,41-,42?,43?,44?,45?/m1/s1. The molecule has 0 aromatic heterocycles. The van der Waals surface area contributed by atoms with Crippen molar-refractivity contribution >= 4 is 19.8 Å². The number of hydrogen-bond donors (Lipinski definition) is 6. The number of hydrogen-bond acceptors (Lipinski definition) is 12. The molecule has 8 atom stereocenters. The van der Waals surface area contributed by atoms with Crippen LogP contribution in [0.1, 0.15) is 155 Å². The Morgan fingerprint density at radius 3 is 1.46 bits per heavy atom. The Morgan fingerprint density at radius 1 is 0.542 bits per heavy atom. The zero-order chi connectivity index (χ0) is 43.6. The van der Waals surface area contributed by atoms with E-state index in [2.05, 4.69) is 62.5 Å². The Hall–Kier alpha value is -2.45. The van der Waals surface area contributed by atoms with Crippen LogP contribution >= 0.6 is 7.82 Å². The number of carbonyl (C=O) groups is 2. The Kier molecular flexibility index (Phi) is 32.5. The molecule has 340 valence electrons. The van der Waals surface area contributed by atoms with Gasteiger partial charge in [-0.25, -0.2) is 4.57 Å². The molecule has 0 aromatic carbocycles. The summed E-state index contributed by atoms with van der Waals surface area (Å²) in [6, 6.07) is 0. The van der Waals surface area contributed by atoms with Crippen molar-refractivity contribution in [2.45, 2.75) is 198 Å². The first-order valence-electron chi connectivity index (χ1n) is 22.1. The molecule has 14 heteroatoms. The van der Waals surface area contributed by atoms with E-state index >= 15 is 0 Å². The fourth-order valence-electron chi connectivity index (χ4n) is 6.32. The Morgan fingerprint density at radius 2 is 0.966 bits per heavy atom. The first kappa shape index (κ1) is 54.6. The van der Waals surface area contributed by atoms with Crippen LogP contribution in [0, 0.1) is 0 Å². The van der Waals surface area contributed by atoms with Crippen LogP contribution in [-0.4, -0.2) is 98.3 Å². The summed E-state index contributed by atoms with van der Waals surface area (Å²) < 4.78 is 33.4. The molecule has 0 amide bonds. The number of phosphoric ester groups is 1. The molecule has 0 spiro atoms. The molecule has 0 heterocycles. The van der Waals surface area contributed by atoms with Crippen LogP contribution in [0.2, 0.25) is 0 Å². The summed E-state index contributed by atoms with van der Waals surface area (Å²) in [6.07, 6.45) is 28.6. The lowest BCUT2D eigenvalue weighted by Crippen LogP contribution is -2.64. The molecule has 0 aliphatic heterocycles. The molecule has 1 fully saturated rings. The van der Waals surface area contributed by atoms with E-state index in [1.807, 2.05) is 12.2 Å². The quantitative estimate of drug-likeness (QED) is 0.0154. The van der Waals surface area contributed by atoms with Gasteiger partial charge in [-0.05, 0) is 51.4 Å². The number of carbonyl (C=O) groups excluding carboxylic acids is 2. The van der Waals surface area contributed by atoms with Gasteiger partial charge < -0.3 is 39.9 Å². The minimum atomic E-state index is -5.13. The van der Waals surface area contributed by atoms with Crippen molar-refractivity contribution in [3.05, 3.63) is 60.8 Å². The van der Waals surface area contributed by atoms with Crippen molar-refractivity contribution in [1.82, 2.24) is 0 Å². The Bertz CT molecular complexity index is 1270. The van der Waals surface area contributed by atoms with E-state index in [0.29, 0.717) is 19.3 Å². The molecule has 6 unspecified atom stereocenters. The zero-order valence-electron chi connectivity index (χ0n) is 35.8.